The molecule has 0 aliphatic carbocycles. The molecule has 0 atom stereocenters. The van der Waals surface area contributed by atoms with Crippen molar-refractivity contribution in [2.24, 2.45) is 0 Å². The highest BCUT2D eigenvalue weighted by Gasteiger charge is 2.26. The lowest BCUT2D eigenvalue weighted by Gasteiger charge is -2.06. The number of alkyl halides is 3. The molecule has 0 saturated heterocycles. The van der Waals surface area contributed by atoms with Crippen molar-refractivity contribution in [2.45, 2.75) is 32.0 Å². The van der Waals surface area contributed by atoms with Crippen LogP contribution in [0.25, 0.3) is 11.0 Å². The van der Waals surface area contributed by atoms with Crippen LogP contribution < -0.4 is 0 Å². The molecule has 2 aromatic rings. The lowest BCUT2D eigenvalue weighted by Crippen LogP contribution is -2.12. The van der Waals surface area contributed by atoms with Crippen molar-refractivity contribution in [1.29, 1.82) is 0 Å². The monoisotopic (exact) mass is 270 g/mol. The van der Waals surface area contributed by atoms with Crippen LogP contribution in [0, 0.1) is 0 Å². The summed E-state index contributed by atoms with van der Waals surface area (Å²) in [6.45, 7) is 0.0678. The molecule has 1 aromatic heterocycles. The number of aromatic nitrogens is 2. The van der Waals surface area contributed by atoms with Crippen LogP contribution in [-0.2, 0) is 11.3 Å². The Kier molecular flexibility index (Phi) is 3.87. The largest absolute Gasteiger partial charge is 0.389 e. The van der Waals surface area contributed by atoms with Gasteiger partial charge < -0.3 is 4.57 Å². The molecule has 0 spiro atoms. The van der Waals surface area contributed by atoms with Gasteiger partial charge in [0.1, 0.15) is 0 Å². The highest BCUT2D eigenvalue weighted by molar-refractivity contribution is 5.81. The third kappa shape index (κ3) is 3.81. The van der Waals surface area contributed by atoms with Gasteiger partial charge in [-0.2, -0.15) is 13.2 Å². The summed E-state index contributed by atoms with van der Waals surface area (Å²) in [5, 5.41) is 0. The summed E-state index contributed by atoms with van der Waals surface area (Å²) < 4.78 is 37.6. The van der Waals surface area contributed by atoms with E-state index in [4.69, 9.17) is 0 Å². The van der Waals surface area contributed by atoms with Crippen molar-refractivity contribution >= 4 is 16.8 Å². The van der Waals surface area contributed by atoms with Crippen molar-refractivity contribution in [3.8, 4) is 0 Å². The molecule has 0 aliphatic rings. The number of para-hydroxylation sites is 2. The van der Waals surface area contributed by atoms with Gasteiger partial charge in [-0.3, -0.25) is 4.79 Å². The Morgan fingerprint density at radius 3 is 2.74 bits per heavy atom. The predicted molar refractivity (Wildman–Crippen MR) is 64.6 cm³/mol. The lowest BCUT2D eigenvalue weighted by atomic mass is 10.1. The standard InChI is InChI=1S/C13H13F3N2O/c14-13(15,16)7-3-4-10(19)8-18-9-17-11-5-1-2-6-12(11)18/h1-2,5-6,9H,3-4,7-8H2. The zero-order valence-corrected chi connectivity index (χ0v) is 10.2. The highest BCUT2D eigenvalue weighted by atomic mass is 19.4. The number of Topliss-reactive ketones (excluding diaryl/α,β-unsaturated/α-hetero) is 1. The van der Waals surface area contributed by atoms with E-state index in [1.165, 1.54) is 6.33 Å². The number of imidazole rings is 1. The molecule has 0 bridgehead atoms. The molecule has 0 saturated carbocycles. The van der Waals surface area contributed by atoms with Gasteiger partial charge in [0.25, 0.3) is 0 Å². The fraction of sp³-hybridized carbons (Fsp3) is 0.385. The van der Waals surface area contributed by atoms with Gasteiger partial charge in [0, 0.05) is 12.8 Å². The van der Waals surface area contributed by atoms with Gasteiger partial charge in [-0.1, -0.05) is 12.1 Å². The minimum atomic E-state index is -4.19. The van der Waals surface area contributed by atoms with Gasteiger partial charge in [-0.25, -0.2) is 4.98 Å². The summed E-state index contributed by atoms with van der Waals surface area (Å²) in [6, 6.07) is 7.31. The Balaban J connectivity index is 1.92. The number of carbonyl (C=O) groups excluding carboxylic acids is 1. The number of fused-ring (bicyclic) bond motifs is 1. The minimum Gasteiger partial charge on any atom is -0.323 e. The molecule has 0 aliphatic heterocycles. The Labute approximate surface area is 108 Å². The highest BCUT2D eigenvalue weighted by Crippen LogP contribution is 2.22. The number of hydrogen-bond acceptors (Lipinski definition) is 2. The Bertz CT molecular complexity index is 575. The summed E-state index contributed by atoms with van der Waals surface area (Å²) in [5.74, 6) is -0.215. The third-order valence-electron chi connectivity index (χ3n) is 2.79. The third-order valence-corrected chi connectivity index (χ3v) is 2.79. The van der Waals surface area contributed by atoms with Crippen LogP contribution in [0.5, 0.6) is 0 Å². The van der Waals surface area contributed by atoms with E-state index in [0.717, 1.165) is 11.0 Å². The number of halogens is 3. The summed E-state index contributed by atoms with van der Waals surface area (Å²) in [7, 11) is 0. The van der Waals surface area contributed by atoms with Crippen LogP contribution in [0.3, 0.4) is 0 Å². The van der Waals surface area contributed by atoms with E-state index in [2.05, 4.69) is 4.98 Å². The minimum absolute atomic E-state index is 0.0635. The van der Waals surface area contributed by atoms with Crippen LogP contribution >= 0.6 is 0 Å². The van der Waals surface area contributed by atoms with Crippen LogP contribution in [-0.4, -0.2) is 21.5 Å². The summed E-state index contributed by atoms with van der Waals surface area (Å²) >= 11 is 0. The maximum atomic E-state index is 12.0. The SMILES string of the molecule is O=C(CCCC(F)(F)F)Cn1cnc2ccccc21. The van der Waals surface area contributed by atoms with Crippen LogP contribution in [0.4, 0.5) is 13.2 Å². The quantitative estimate of drug-likeness (QED) is 0.835. The lowest BCUT2D eigenvalue weighted by molar-refractivity contribution is -0.137. The predicted octanol–water partition coefficient (Wildman–Crippen LogP) is 3.34. The van der Waals surface area contributed by atoms with E-state index in [9.17, 15) is 18.0 Å². The molecular weight excluding hydrogens is 257 g/mol. The molecule has 3 nitrogen and oxygen atoms in total. The van der Waals surface area contributed by atoms with Gasteiger partial charge >= 0.3 is 6.18 Å². The molecular formula is C13H13F3N2O. The zero-order chi connectivity index (χ0) is 13.9. The van der Waals surface area contributed by atoms with Crippen LogP contribution in [0.2, 0.25) is 0 Å². The first-order valence-corrected chi connectivity index (χ1v) is 5.94. The topological polar surface area (TPSA) is 34.9 Å². The zero-order valence-electron chi connectivity index (χ0n) is 10.2. The molecule has 19 heavy (non-hydrogen) atoms. The molecule has 0 amide bonds. The maximum absolute atomic E-state index is 12.0. The molecule has 2 rings (SSSR count). The molecule has 1 heterocycles. The summed E-state index contributed by atoms with van der Waals surface area (Å²) in [4.78, 5) is 15.7. The van der Waals surface area contributed by atoms with Gasteiger partial charge in [-0.15, -0.1) is 0 Å². The Morgan fingerprint density at radius 2 is 2.00 bits per heavy atom. The Hall–Kier alpha value is -1.85. The fourth-order valence-corrected chi connectivity index (χ4v) is 1.89. The van der Waals surface area contributed by atoms with E-state index in [1.54, 1.807) is 4.57 Å². The molecule has 0 unspecified atom stereocenters. The van der Waals surface area contributed by atoms with Crippen molar-refractivity contribution in [1.82, 2.24) is 9.55 Å². The van der Waals surface area contributed by atoms with Crippen molar-refractivity contribution < 1.29 is 18.0 Å². The van der Waals surface area contributed by atoms with Gasteiger partial charge in [0.2, 0.25) is 0 Å². The number of nitrogens with zero attached hydrogens (tertiary/aromatic N) is 2. The van der Waals surface area contributed by atoms with E-state index >= 15 is 0 Å². The molecule has 102 valence electrons. The number of carbonyl (C=O) groups is 1. The Morgan fingerprint density at radius 1 is 1.26 bits per heavy atom. The fourth-order valence-electron chi connectivity index (χ4n) is 1.89. The van der Waals surface area contributed by atoms with Gasteiger partial charge in [0.15, 0.2) is 5.78 Å². The van der Waals surface area contributed by atoms with E-state index < -0.39 is 12.6 Å². The first-order chi connectivity index (χ1) is 8.96. The van der Waals surface area contributed by atoms with Crippen LogP contribution in [0.15, 0.2) is 30.6 Å². The van der Waals surface area contributed by atoms with Gasteiger partial charge in [0.05, 0.1) is 23.9 Å². The van der Waals surface area contributed by atoms with Crippen molar-refractivity contribution in [3.63, 3.8) is 0 Å². The second-order valence-corrected chi connectivity index (χ2v) is 4.37. The van der Waals surface area contributed by atoms with E-state index in [-0.39, 0.29) is 25.2 Å². The normalized spacial score (nSPS) is 11.9. The van der Waals surface area contributed by atoms with Crippen molar-refractivity contribution in [3.05, 3.63) is 30.6 Å². The van der Waals surface area contributed by atoms with Gasteiger partial charge in [-0.05, 0) is 18.6 Å². The first-order valence-electron chi connectivity index (χ1n) is 5.94. The number of rotatable bonds is 5. The van der Waals surface area contributed by atoms with E-state index in [0.29, 0.717) is 0 Å². The van der Waals surface area contributed by atoms with Crippen LogP contribution in [0.1, 0.15) is 19.3 Å². The smallest absolute Gasteiger partial charge is 0.323 e. The number of ketones is 1. The maximum Gasteiger partial charge on any atom is 0.389 e. The van der Waals surface area contributed by atoms with E-state index in [1.807, 2.05) is 24.3 Å². The second kappa shape index (κ2) is 5.42. The average molecular weight is 270 g/mol. The van der Waals surface area contributed by atoms with Crippen molar-refractivity contribution in [2.75, 3.05) is 0 Å². The molecule has 1 aromatic carbocycles. The average Bonchev–Trinajstić information content (AvgIpc) is 2.71. The summed E-state index contributed by atoms with van der Waals surface area (Å²) in [5.41, 5.74) is 1.58. The number of benzene rings is 1. The molecule has 0 fully saturated rings. The second-order valence-electron chi connectivity index (χ2n) is 4.37. The molecule has 0 radical (unpaired) electrons. The molecule has 6 heteroatoms. The number of hydrogen-bond donors (Lipinski definition) is 0. The first kappa shape index (κ1) is 13.6. The molecule has 0 N–H and O–H groups in total. The summed E-state index contributed by atoms with van der Waals surface area (Å²) in [6.07, 6.45) is -3.79.